The number of hydrogen-bond acceptors (Lipinski definition) is 6. The van der Waals surface area contributed by atoms with Crippen LogP contribution in [0.2, 0.25) is 0 Å². The fourth-order valence-electron chi connectivity index (χ4n) is 3.99. The molecule has 4 rings (SSSR count). The van der Waals surface area contributed by atoms with Gasteiger partial charge in [0.2, 0.25) is 0 Å². The first-order chi connectivity index (χ1) is 14.8. The first-order valence-corrected chi connectivity index (χ1v) is 10.7. The molecular formula is C21H31N7O2. The minimum atomic E-state index is 0.463. The summed E-state index contributed by atoms with van der Waals surface area (Å²) in [5, 5.41) is 10.8. The number of aromatic amines is 1. The molecule has 2 aliphatic heterocycles. The van der Waals surface area contributed by atoms with Gasteiger partial charge in [0.25, 0.3) is 0 Å². The summed E-state index contributed by atoms with van der Waals surface area (Å²) in [4.78, 5) is 14.3. The lowest BCUT2D eigenvalue weighted by molar-refractivity contribution is 0.0195. The Labute approximate surface area is 177 Å². The maximum Gasteiger partial charge on any atom is 0.194 e. The number of aromatic nitrogens is 3. The monoisotopic (exact) mass is 413 g/mol. The van der Waals surface area contributed by atoms with Gasteiger partial charge in [0.1, 0.15) is 18.1 Å². The van der Waals surface area contributed by atoms with Crippen LogP contribution in [0.15, 0.2) is 29.3 Å². The third-order valence-corrected chi connectivity index (χ3v) is 5.62. The number of methoxy groups -OCH3 is 1. The van der Waals surface area contributed by atoms with Crippen molar-refractivity contribution in [2.24, 2.45) is 4.99 Å². The summed E-state index contributed by atoms with van der Waals surface area (Å²) < 4.78 is 10.7. The molecule has 3 heterocycles. The Kier molecular flexibility index (Phi) is 6.81. The van der Waals surface area contributed by atoms with Gasteiger partial charge in [0, 0.05) is 44.3 Å². The Balaban J connectivity index is 1.38. The van der Waals surface area contributed by atoms with Gasteiger partial charge in [-0.1, -0.05) is 0 Å². The molecule has 1 unspecified atom stereocenters. The van der Waals surface area contributed by atoms with Gasteiger partial charge in [-0.3, -0.25) is 10.00 Å². The van der Waals surface area contributed by atoms with Crippen LogP contribution in [0.1, 0.15) is 19.2 Å². The normalized spacial score (nSPS) is 20.5. The predicted molar refractivity (Wildman–Crippen MR) is 116 cm³/mol. The molecule has 0 radical (unpaired) electrons. The molecule has 1 aromatic heterocycles. The van der Waals surface area contributed by atoms with E-state index in [1.165, 1.54) is 0 Å². The standard InChI is InChI=1S/C21H31N7O2/c1-3-22-21(28-9-8-17(15-28)27-10-12-30-13-11-27)23-14-19-24-20(26-25-19)16-4-6-18(29-2)7-5-16/h4-7,17H,3,8-15H2,1-2H3,(H,22,23)(H,24,25,26). The number of guanidine groups is 1. The van der Waals surface area contributed by atoms with Crippen molar-refractivity contribution in [1.82, 2.24) is 30.3 Å². The van der Waals surface area contributed by atoms with Crippen LogP contribution in [-0.4, -0.2) is 90.0 Å². The minimum Gasteiger partial charge on any atom is -0.497 e. The van der Waals surface area contributed by atoms with Crippen LogP contribution in [-0.2, 0) is 11.3 Å². The molecular weight excluding hydrogens is 382 g/mol. The van der Waals surface area contributed by atoms with E-state index in [1.54, 1.807) is 7.11 Å². The zero-order valence-electron chi connectivity index (χ0n) is 17.8. The molecule has 1 atom stereocenters. The molecule has 0 amide bonds. The third kappa shape index (κ3) is 4.91. The van der Waals surface area contributed by atoms with Crippen LogP contribution in [0.5, 0.6) is 5.75 Å². The van der Waals surface area contributed by atoms with Crippen molar-refractivity contribution in [3.8, 4) is 17.1 Å². The molecule has 9 heteroatoms. The van der Waals surface area contributed by atoms with E-state index in [2.05, 4.69) is 37.2 Å². The maximum atomic E-state index is 5.49. The highest BCUT2D eigenvalue weighted by Gasteiger charge is 2.30. The maximum absolute atomic E-state index is 5.49. The van der Waals surface area contributed by atoms with Crippen molar-refractivity contribution in [3.63, 3.8) is 0 Å². The summed E-state index contributed by atoms with van der Waals surface area (Å²) >= 11 is 0. The van der Waals surface area contributed by atoms with Crippen molar-refractivity contribution in [2.45, 2.75) is 25.9 Å². The van der Waals surface area contributed by atoms with Crippen molar-refractivity contribution in [2.75, 3.05) is 53.0 Å². The lowest BCUT2D eigenvalue weighted by atomic mass is 10.2. The molecule has 30 heavy (non-hydrogen) atoms. The molecule has 0 spiro atoms. The smallest absolute Gasteiger partial charge is 0.194 e. The number of aliphatic imine (C=N–C) groups is 1. The lowest BCUT2D eigenvalue weighted by Gasteiger charge is -2.32. The van der Waals surface area contributed by atoms with Crippen molar-refractivity contribution in [1.29, 1.82) is 0 Å². The topological polar surface area (TPSA) is 90.9 Å². The summed E-state index contributed by atoms with van der Waals surface area (Å²) in [6.45, 7) is 9.15. The van der Waals surface area contributed by atoms with Crippen LogP contribution >= 0.6 is 0 Å². The van der Waals surface area contributed by atoms with Crippen LogP contribution < -0.4 is 10.1 Å². The van der Waals surface area contributed by atoms with Crippen molar-refractivity contribution in [3.05, 3.63) is 30.1 Å². The van der Waals surface area contributed by atoms with E-state index < -0.39 is 0 Å². The van der Waals surface area contributed by atoms with Gasteiger partial charge in [-0.25, -0.2) is 9.98 Å². The van der Waals surface area contributed by atoms with Gasteiger partial charge < -0.3 is 19.7 Å². The SMILES string of the molecule is CCNC(=NCc1nc(-c2ccc(OC)cc2)n[nH]1)N1CCC(N2CCOCC2)C1. The molecule has 2 fully saturated rings. The zero-order valence-corrected chi connectivity index (χ0v) is 17.8. The largest absolute Gasteiger partial charge is 0.497 e. The quantitative estimate of drug-likeness (QED) is 0.546. The number of ether oxygens (including phenoxy) is 2. The van der Waals surface area contributed by atoms with E-state index >= 15 is 0 Å². The molecule has 0 saturated carbocycles. The minimum absolute atomic E-state index is 0.463. The first kappa shape index (κ1) is 20.6. The molecule has 2 N–H and O–H groups in total. The zero-order chi connectivity index (χ0) is 20.8. The number of morpholine rings is 1. The van der Waals surface area contributed by atoms with Gasteiger partial charge in [-0.05, 0) is 37.6 Å². The van der Waals surface area contributed by atoms with E-state index in [0.717, 1.165) is 75.5 Å². The molecule has 2 saturated heterocycles. The average Bonchev–Trinajstić information content (AvgIpc) is 3.47. The molecule has 0 bridgehead atoms. The molecule has 0 aliphatic carbocycles. The predicted octanol–water partition coefficient (Wildman–Crippen LogP) is 1.35. The number of H-pyrrole nitrogens is 1. The Morgan fingerprint density at radius 2 is 2.07 bits per heavy atom. The van der Waals surface area contributed by atoms with Gasteiger partial charge in [-0.2, -0.15) is 5.10 Å². The molecule has 162 valence electrons. The Morgan fingerprint density at radius 3 is 2.80 bits per heavy atom. The fraction of sp³-hybridized carbons (Fsp3) is 0.571. The molecule has 1 aromatic carbocycles. The second kappa shape index (κ2) is 9.90. The van der Waals surface area contributed by atoms with Crippen LogP contribution in [0.25, 0.3) is 11.4 Å². The van der Waals surface area contributed by atoms with Crippen molar-refractivity contribution < 1.29 is 9.47 Å². The highest BCUT2D eigenvalue weighted by Crippen LogP contribution is 2.20. The van der Waals surface area contributed by atoms with E-state index in [0.29, 0.717) is 18.4 Å². The number of likely N-dealkylation sites (tertiary alicyclic amines) is 1. The van der Waals surface area contributed by atoms with Crippen LogP contribution in [0, 0.1) is 0 Å². The third-order valence-electron chi connectivity index (χ3n) is 5.62. The van der Waals surface area contributed by atoms with Gasteiger partial charge in [0.15, 0.2) is 11.8 Å². The summed E-state index contributed by atoms with van der Waals surface area (Å²) in [5.74, 6) is 3.17. The number of rotatable bonds is 6. The summed E-state index contributed by atoms with van der Waals surface area (Å²) in [5.41, 5.74) is 0.946. The second-order valence-electron chi connectivity index (χ2n) is 7.54. The first-order valence-electron chi connectivity index (χ1n) is 10.7. The van der Waals surface area contributed by atoms with E-state index in [4.69, 9.17) is 14.5 Å². The Bertz CT molecular complexity index is 830. The summed E-state index contributed by atoms with van der Waals surface area (Å²) in [6.07, 6.45) is 1.16. The molecule has 2 aromatic rings. The molecule has 2 aliphatic rings. The average molecular weight is 414 g/mol. The fourth-order valence-corrected chi connectivity index (χ4v) is 3.99. The van der Waals surface area contributed by atoms with Gasteiger partial charge in [0.05, 0.1) is 20.3 Å². The summed E-state index contributed by atoms with van der Waals surface area (Å²) in [7, 11) is 1.66. The number of nitrogens with zero attached hydrogens (tertiary/aromatic N) is 5. The van der Waals surface area contributed by atoms with Gasteiger partial charge in [-0.15, -0.1) is 0 Å². The highest BCUT2D eigenvalue weighted by molar-refractivity contribution is 5.80. The second-order valence-corrected chi connectivity index (χ2v) is 7.54. The summed E-state index contributed by atoms with van der Waals surface area (Å²) in [6, 6.07) is 8.30. The van der Waals surface area contributed by atoms with E-state index in [9.17, 15) is 0 Å². The number of nitrogens with one attached hydrogen (secondary N) is 2. The Morgan fingerprint density at radius 1 is 1.27 bits per heavy atom. The van der Waals surface area contributed by atoms with Crippen molar-refractivity contribution >= 4 is 5.96 Å². The molecule has 9 nitrogen and oxygen atoms in total. The van der Waals surface area contributed by atoms with Crippen LogP contribution in [0.4, 0.5) is 0 Å². The Hall–Kier alpha value is -2.65. The van der Waals surface area contributed by atoms with E-state index in [1.807, 2.05) is 24.3 Å². The van der Waals surface area contributed by atoms with E-state index in [-0.39, 0.29) is 0 Å². The number of benzene rings is 1. The highest BCUT2D eigenvalue weighted by atomic mass is 16.5. The van der Waals surface area contributed by atoms with Crippen LogP contribution in [0.3, 0.4) is 0 Å². The van der Waals surface area contributed by atoms with Gasteiger partial charge >= 0.3 is 0 Å². The lowest BCUT2D eigenvalue weighted by Crippen LogP contribution is -2.46. The number of hydrogen-bond donors (Lipinski definition) is 2.